The summed E-state index contributed by atoms with van der Waals surface area (Å²) in [5.41, 5.74) is 0.0101. The third kappa shape index (κ3) is 1.31. The molecule has 1 aromatic heterocycles. The minimum atomic E-state index is -1.05. The summed E-state index contributed by atoms with van der Waals surface area (Å²) in [5, 5.41) is 18.1. The quantitative estimate of drug-likeness (QED) is 0.659. The fourth-order valence-corrected chi connectivity index (χ4v) is 1.56. The predicted octanol–water partition coefficient (Wildman–Crippen LogP) is 0.408. The van der Waals surface area contributed by atoms with Gasteiger partial charge in [0.2, 0.25) is 0 Å². The van der Waals surface area contributed by atoms with E-state index in [0.717, 1.165) is 13.0 Å². The molecule has 0 bridgehead atoms. The van der Waals surface area contributed by atoms with Crippen LogP contribution in [0.15, 0.2) is 6.20 Å². The van der Waals surface area contributed by atoms with Crippen molar-refractivity contribution in [3.63, 3.8) is 0 Å². The Morgan fingerprint density at radius 3 is 3.08 bits per heavy atom. The first-order chi connectivity index (χ1) is 6.18. The van der Waals surface area contributed by atoms with Gasteiger partial charge in [-0.1, -0.05) is 0 Å². The Hall–Kier alpha value is -1.36. The van der Waals surface area contributed by atoms with Crippen LogP contribution in [0.5, 0.6) is 0 Å². The molecule has 0 saturated heterocycles. The molecule has 1 aliphatic rings. The van der Waals surface area contributed by atoms with Crippen molar-refractivity contribution in [1.82, 2.24) is 9.55 Å². The van der Waals surface area contributed by atoms with Crippen LogP contribution in [0.3, 0.4) is 0 Å². The number of rotatable bonds is 1. The summed E-state index contributed by atoms with van der Waals surface area (Å²) >= 11 is 0. The van der Waals surface area contributed by atoms with E-state index in [4.69, 9.17) is 5.11 Å². The second kappa shape index (κ2) is 2.85. The van der Waals surface area contributed by atoms with E-state index in [0.29, 0.717) is 12.2 Å². The number of aromatic carboxylic acids is 1. The van der Waals surface area contributed by atoms with E-state index in [-0.39, 0.29) is 5.69 Å². The highest BCUT2D eigenvalue weighted by Gasteiger charge is 2.22. The summed E-state index contributed by atoms with van der Waals surface area (Å²) < 4.78 is 1.71. The molecule has 2 N–H and O–H groups in total. The molecule has 0 fully saturated rings. The predicted molar refractivity (Wildman–Crippen MR) is 43.4 cm³/mol. The zero-order valence-corrected chi connectivity index (χ0v) is 6.97. The molecule has 0 saturated carbocycles. The van der Waals surface area contributed by atoms with E-state index in [1.54, 1.807) is 4.57 Å². The van der Waals surface area contributed by atoms with Gasteiger partial charge >= 0.3 is 5.97 Å². The maximum Gasteiger partial charge on any atom is 0.356 e. The van der Waals surface area contributed by atoms with Gasteiger partial charge in [-0.15, -0.1) is 0 Å². The number of carboxylic acid groups (broad SMARTS) is 1. The minimum absolute atomic E-state index is 0.0101. The van der Waals surface area contributed by atoms with Crippen molar-refractivity contribution in [3.05, 3.63) is 17.7 Å². The topological polar surface area (TPSA) is 75.3 Å². The molecule has 5 nitrogen and oxygen atoms in total. The van der Waals surface area contributed by atoms with E-state index in [2.05, 4.69) is 4.98 Å². The van der Waals surface area contributed by atoms with Crippen LogP contribution in [0.25, 0.3) is 0 Å². The molecular formula is C8H10N2O3. The van der Waals surface area contributed by atoms with Crippen molar-refractivity contribution in [3.8, 4) is 0 Å². The lowest BCUT2D eigenvalue weighted by atomic mass is 10.1. The number of imidazole rings is 1. The van der Waals surface area contributed by atoms with Crippen molar-refractivity contribution < 1.29 is 15.0 Å². The summed E-state index contributed by atoms with van der Waals surface area (Å²) in [6, 6.07) is 0. The first-order valence-corrected chi connectivity index (χ1v) is 4.17. The number of nitrogens with zero attached hydrogens (tertiary/aromatic N) is 2. The highest BCUT2D eigenvalue weighted by Crippen LogP contribution is 2.23. The number of aromatic nitrogens is 2. The van der Waals surface area contributed by atoms with Gasteiger partial charge in [-0.3, -0.25) is 0 Å². The van der Waals surface area contributed by atoms with E-state index >= 15 is 0 Å². The number of carbonyl (C=O) groups is 1. The van der Waals surface area contributed by atoms with Crippen LogP contribution >= 0.6 is 0 Å². The average Bonchev–Trinajstić information content (AvgIpc) is 2.49. The van der Waals surface area contributed by atoms with Crippen molar-refractivity contribution in [2.24, 2.45) is 0 Å². The van der Waals surface area contributed by atoms with Crippen molar-refractivity contribution in [2.45, 2.75) is 25.5 Å². The Morgan fingerprint density at radius 2 is 2.46 bits per heavy atom. The molecule has 0 aliphatic carbocycles. The summed E-state index contributed by atoms with van der Waals surface area (Å²) in [6.07, 6.45) is 2.39. The largest absolute Gasteiger partial charge is 0.476 e. The molecule has 0 spiro atoms. The van der Waals surface area contributed by atoms with Gasteiger partial charge < -0.3 is 14.8 Å². The molecule has 13 heavy (non-hydrogen) atoms. The van der Waals surface area contributed by atoms with Gasteiger partial charge in [0.1, 0.15) is 11.9 Å². The standard InChI is InChI=1S/C8H10N2O3/c11-6-2-1-3-10-4-5(8(12)13)9-7(6)10/h4,6,11H,1-3H2,(H,12,13). The normalized spacial score (nSPS) is 21.2. The number of aliphatic hydroxyl groups excluding tert-OH is 1. The van der Waals surface area contributed by atoms with Gasteiger partial charge in [-0.25, -0.2) is 9.78 Å². The molecule has 1 unspecified atom stereocenters. The lowest BCUT2D eigenvalue weighted by Crippen LogP contribution is -2.14. The first kappa shape index (κ1) is 8.25. The summed E-state index contributed by atoms with van der Waals surface area (Å²) in [6.45, 7) is 0.743. The fraction of sp³-hybridized carbons (Fsp3) is 0.500. The van der Waals surface area contributed by atoms with Crippen LogP contribution in [0.1, 0.15) is 35.3 Å². The molecule has 0 radical (unpaired) electrons. The Bertz CT molecular complexity index is 345. The van der Waals surface area contributed by atoms with Crippen LogP contribution in [0.2, 0.25) is 0 Å². The minimum Gasteiger partial charge on any atom is -0.476 e. The number of hydrogen-bond acceptors (Lipinski definition) is 3. The first-order valence-electron chi connectivity index (χ1n) is 4.17. The molecule has 1 atom stereocenters. The molecule has 70 valence electrons. The van der Waals surface area contributed by atoms with Crippen LogP contribution in [0, 0.1) is 0 Å². The maximum absolute atomic E-state index is 10.6. The average molecular weight is 182 g/mol. The van der Waals surface area contributed by atoms with Crippen LogP contribution in [0.4, 0.5) is 0 Å². The van der Waals surface area contributed by atoms with Crippen molar-refractivity contribution in [1.29, 1.82) is 0 Å². The van der Waals surface area contributed by atoms with Gasteiger partial charge in [0.05, 0.1) is 0 Å². The van der Waals surface area contributed by atoms with Gasteiger partial charge in [0.15, 0.2) is 5.69 Å². The van der Waals surface area contributed by atoms with E-state index in [1.807, 2.05) is 0 Å². The summed E-state index contributed by atoms with van der Waals surface area (Å²) in [5.74, 6) is -0.572. The molecule has 2 rings (SSSR count). The lowest BCUT2D eigenvalue weighted by molar-refractivity contribution is 0.0690. The Labute approximate surface area is 74.6 Å². The van der Waals surface area contributed by atoms with E-state index < -0.39 is 12.1 Å². The van der Waals surface area contributed by atoms with Crippen LogP contribution in [-0.2, 0) is 6.54 Å². The lowest BCUT2D eigenvalue weighted by Gasteiger charge is -2.18. The van der Waals surface area contributed by atoms with Gasteiger partial charge in [-0.05, 0) is 12.8 Å². The highest BCUT2D eigenvalue weighted by molar-refractivity contribution is 5.85. The third-order valence-electron chi connectivity index (χ3n) is 2.20. The van der Waals surface area contributed by atoms with E-state index in [9.17, 15) is 9.90 Å². The van der Waals surface area contributed by atoms with Gasteiger partial charge in [-0.2, -0.15) is 0 Å². The maximum atomic E-state index is 10.6. The SMILES string of the molecule is O=C(O)c1cn2c(n1)C(O)CCC2. The monoisotopic (exact) mass is 182 g/mol. The second-order valence-corrected chi connectivity index (χ2v) is 3.14. The smallest absolute Gasteiger partial charge is 0.356 e. The van der Waals surface area contributed by atoms with Crippen molar-refractivity contribution in [2.75, 3.05) is 0 Å². The molecule has 0 amide bonds. The van der Waals surface area contributed by atoms with Gasteiger partial charge in [0, 0.05) is 12.7 Å². The Balaban J connectivity index is 2.42. The molecule has 0 aromatic carbocycles. The van der Waals surface area contributed by atoms with Gasteiger partial charge in [0.25, 0.3) is 0 Å². The van der Waals surface area contributed by atoms with Crippen molar-refractivity contribution >= 4 is 5.97 Å². The number of carboxylic acids is 1. The molecule has 1 aliphatic heterocycles. The molecule has 2 heterocycles. The molecule has 1 aromatic rings. The second-order valence-electron chi connectivity index (χ2n) is 3.14. The zero-order valence-electron chi connectivity index (χ0n) is 6.97. The third-order valence-corrected chi connectivity index (χ3v) is 2.20. The molecular weight excluding hydrogens is 172 g/mol. The highest BCUT2D eigenvalue weighted by atomic mass is 16.4. The number of hydrogen-bond donors (Lipinski definition) is 2. The zero-order chi connectivity index (χ0) is 9.42. The fourth-order valence-electron chi connectivity index (χ4n) is 1.56. The Morgan fingerprint density at radius 1 is 1.69 bits per heavy atom. The van der Waals surface area contributed by atoms with E-state index in [1.165, 1.54) is 6.20 Å². The number of aryl methyl sites for hydroxylation is 1. The number of aliphatic hydroxyl groups is 1. The Kier molecular flexibility index (Phi) is 1.81. The van der Waals surface area contributed by atoms with Crippen LogP contribution in [-0.4, -0.2) is 25.7 Å². The summed E-state index contributed by atoms with van der Waals surface area (Å²) in [7, 11) is 0. The molecule has 5 heteroatoms. The van der Waals surface area contributed by atoms with Crippen LogP contribution < -0.4 is 0 Å². The number of fused-ring (bicyclic) bond motifs is 1. The summed E-state index contributed by atoms with van der Waals surface area (Å²) in [4.78, 5) is 14.4.